The number of hydrogen-bond donors (Lipinski definition) is 1. The van der Waals surface area contributed by atoms with Gasteiger partial charge in [-0.05, 0) is 58.8 Å². The highest BCUT2D eigenvalue weighted by Crippen LogP contribution is 2.28. The fourth-order valence-corrected chi connectivity index (χ4v) is 4.42. The molecule has 1 N–H and O–H groups in total. The molecule has 1 heterocycles. The van der Waals surface area contributed by atoms with E-state index in [2.05, 4.69) is 15.2 Å². The van der Waals surface area contributed by atoms with Crippen molar-refractivity contribution in [2.45, 2.75) is 44.2 Å². The highest BCUT2D eigenvalue weighted by molar-refractivity contribution is 8.00. The number of rotatable bonds is 8. The number of likely N-dealkylation sites (N-methyl/N-ethyl adjacent to an activating group) is 1. The first-order valence-corrected chi connectivity index (χ1v) is 11.1. The van der Waals surface area contributed by atoms with Crippen LogP contribution in [0.4, 0.5) is 5.69 Å². The maximum Gasteiger partial charge on any atom is 0.348 e. The lowest BCUT2D eigenvalue weighted by Gasteiger charge is -2.23. The third-order valence-corrected chi connectivity index (χ3v) is 6.13. The molecule has 160 valence electrons. The predicted molar refractivity (Wildman–Crippen MR) is 119 cm³/mol. The summed E-state index contributed by atoms with van der Waals surface area (Å²) in [6, 6.07) is 6.87. The van der Waals surface area contributed by atoms with E-state index in [1.54, 1.807) is 28.8 Å². The largest absolute Gasteiger partial charge is 0.348 e. The molecule has 0 radical (unpaired) electrons. The van der Waals surface area contributed by atoms with Gasteiger partial charge < -0.3 is 10.2 Å². The van der Waals surface area contributed by atoms with Gasteiger partial charge in [-0.2, -0.15) is 4.98 Å². The molecule has 3 rings (SSSR count). The number of aromatic nitrogens is 2. The Morgan fingerprint density at radius 2 is 2.00 bits per heavy atom. The third-order valence-electron chi connectivity index (χ3n) is 5.11. The lowest BCUT2D eigenvalue weighted by molar-refractivity contribution is -0.113. The molecular formula is C22H28N4O3S. The number of amides is 1. The van der Waals surface area contributed by atoms with Crippen LogP contribution in [0, 0.1) is 0 Å². The molecule has 30 heavy (non-hydrogen) atoms. The van der Waals surface area contributed by atoms with Crippen LogP contribution >= 0.6 is 11.8 Å². The fourth-order valence-electron chi connectivity index (χ4n) is 3.54. The van der Waals surface area contributed by atoms with E-state index in [0.717, 1.165) is 43.5 Å². The van der Waals surface area contributed by atoms with Crippen molar-refractivity contribution in [1.29, 1.82) is 0 Å². The molecule has 0 bridgehead atoms. The van der Waals surface area contributed by atoms with Gasteiger partial charge in [0.1, 0.15) is 5.03 Å². The molecule has 1 aliphatic carbocycles. The molecule has 1 aliphatic rings. The van der Waals surface area contributed by atoms with Crippen LogP contribution in [0.1, 0.15) is 41.4 Å². The topological polar surface area (TPSA) is 84.3 Å². The Morgan fingerprint density at radius 3 is 2.73 bits per heavy atom. The van der Waals surface area contributed by atoms with Gasteiger partial charge in [-0.3, -0.25) is 14.2 Å². The van der Waals surface area contributed by atoms with Crippen molar-refractivity contribution < 1.29 is 9.59 Å². The number of hydrogen-bond acceptors (Lipinski definition) is 6. The highest BCUT2D eigenvalue weighted by Gasteiger charge is 2.21. The zero-order valence-electron chi connectivity index (χ0n) is 17.7. The van der Waals surface area contributed by atoms with E-state index >= 15 is 0 Å². The van der Waals surface area contributed by atoms with Crippen molar-refractivity contribution in [2.75, 3.05) is 31.7 Å². The van der Waals surface area contributed by atoms with Crippen LogP contribution in [0.15, 0.2) is 34.1 Å². The summed E-state index contributed by atoms with van der Waals surface area (Å²) in [6.45, 7) is 2.90. The second-order valence-electron chi connectivity index (χ2n) is 7.76. The van der Waals surface area contributed by atoms with Gasteiger partial charge in [-0.1, -0.05) is 23.9 Å². The highest BCUT2D eigenvalue weighted by atomic mass is 32.2. The minimum atomic E-state index is -0.241. The minimum absolute atomic E-state index is 0.0499. The van der Waals surface area contributed by atoms with E-state index in [-0.39, 0.29) is 23.1 Å². The molecule has 0 fully saturated rings. The van der Waals surface area contributed by atoms with Crippen molar-refractivity contribution in [3.8, 4) is 0 Å². The summed E-state index contributed by atoms with van der Waals surface area (Å²) in [4.78, 5) is 43.0. The second kappa shape index (κ2) is 10.0. The van der Waals surface area contributed by atoms with Crippen molar-refractivity contribution in [3.05, 3.63) is 51.6 Å². The minimum Gasteiger partial charge on any atom is -0.325 e. The average Bonchev–Trinajstić information content (AvgIpc) is 2.71. The molecule has 7 nitrogen and oxygen atoms in total. The molecule has 0 atom stereocenters. The van der Waals surface area contributed by atoms with E-state index in [4.69, 9.17) is 0 Å². The summed E-state index contributed by atoms with van der Waals surface area (Å²) >= 11 is 1.31. The molecule has 0 spiro atoms. The van der Waals surface area contributed by atoms with Crippen LogP contribution in [-0.2, 0) is 24.2 Å². The van der Waals surface area contributed by atoms with Gasteiger partial charge in [-0.25, -0.2) is 4.79 Å². The van der Waals surface area contributed by atoms with E-state index in [9.17, 15) is 14.4 Å². The predicted octanol–water partition coefficient (Wildman–Crippen LogP) is 2.62. The van der Waals surface area contributed by atoms with Gasteiger partial charge in [0.15, 0.2) is 5.78 Å². The molecule has 8 heteroatoms. The number of carbonyl (C=O) groups excluding carboxylic acids is 2. The van der Waals surface area contributed by atoms with E-state index < -0.39 is 0 Å². The van der Waals surface area contributed by atoms with Crippen LogP contribution in [0.3, 0.4) is 0 Å². The Balaban J connectivity index is 1.73. The quantitative estimate of drug-likeness (QED) is 0.395. The zero-order valence-corrected chi connectivity index (χ0v) is 18.6. The van der Waals surface area contributed by atoms with Crippen LogP contribution < -0.4 is 11.0 Å². The Hall–Kier alpha value is -2.45. The number of anilines is 1. The molecule has 2 aromatic rings. The van der Waals surface area contributed by atoms with Crippen molar-refractivity contribution >= 4 is 29.1 Å². The Bertz CT molecular complexity index is 1000. The second-order valence-corrected chi connectivity index (χ2v) is 8.72. The van der Waals surface area contributed by atoms with Gasteiger partial charge in [0, 0.05) is 35.6 Å². The molecule has 0 unspecified atom stereocenters. The average molecular weight is 429 g/mol. The number of thioether (sulfide) groups is 1. The van der Waals surface area contributed by atoms with Gasteiger partial charge in [0.2, 0.25) is 5.91 Å². The van der Waals surface area contributed by atoms with Gasteiger partial charge in [0.25, 0.3) is 0 Å². The number of nitrogens with zero attached hydrogens (tertiary/aromatic N) is 3. The lowest BCUT2D eigenvalue weighted by Crippen LogP contribution is -2.33. The summed E-state index contributed by atoms with van der Waals surface area (Å²) in [6.07, 6.45) is 3.89. The molecule has 0 aliphatic heterocycles. The Labute approximate surface area is 180 Å². The molecule has 1 amide bonds. The van der Waals surface area contributed by atoms with Gasteiger partial charge in [0.05, 0.1) is 5.75 Å². The first kappa shape index (κ1) is 22.2. The summed E-state index contributed by atoms with van der Waals surface area (Å²) in [5.41, 5.74) is 3.07. The standard InChI is InChI=1S/C22H28N4O3S/c1-15(27)16-7-6-8-17(13-16)23-20(28)14-30-21-18-9-4-5-10-19(18)26(22(29)24-21)12-11-25(2)3/h6-8,13H,4-5,9-12,14H2,1-3H3,(H,23,28). The van der Waals surface area contributed by atoms with Crippen molar-refractivity contribution in [2.24, 2.45) is 0 Å². The van der Waals surface area contributed by atoms with Crippen LogP contribution in [0.5, 0.6) is 0 Å². The van der Waals surface area contributed by atoms with Crippen LogP contribution in [0.2, 0.25) is 0 Å². The van der Waals surface area contributed by atoms with Gasteiger partial charge in [-0.15, -0.1) is 0 Å². The molecule has 0 saturated heterocycles. The molecule has 0 saturated carbocycles. The summed E-state index contributed by atoms with van der Waals surface area (Å²) in [5.74, 6) is -0.0831. The van der Waals surface area contributed by atoms with E-state index in [1.807, 2.05) is 14.1 Å². The summed E-state index contributed by atoms with van der Waals surface area (Å²) < 4.78 is 1.80. The number of nitrogens with one attached hydrogen (secondary N) is 1. The molecule has 1 aromatic carbocycles. The van der Waals surface area contributed by atoms with Crippen molar-refractivity contribution in [3.63, 3.8) is 0 Å². The van der Waals surface area contributed by atoms with E-state index in [1.165, 1.54) is 18.7 Å². The maximum absolute atomic E-state index is 12.6. The summed E-state index contributed by atoms with van der Waals surface area (Å²) in [5, 5.41) is 3.49. The molecule has 1 aromatic heterocycles. The third kappa shape index (κ3) is 5.58. The van der Waals surface area contributed by atoms with E-state index in [0.29, 0.717) is 22.8 Å². The Kier molecular flexibility index (Phi) is 7.44. The zero-order chi connectivity index (χ0) is 21.7. The monoisotopic (exact) mass is 428 g/mol. The SMILES string of the molecule is CC(=O)c1cccc(NC(=O)CSc2nc(=O)n(CCN(C)C)c3c2CCCC3)c1. The first-order chi connectivity index (χ1) is 14.3. The number of Topliss-reactive ketones (excluding diaryl/α,β-unsaturated/α-hetero) is 1. The van der Waals surface area contributed by atoms with Gasteiger partial charge >= 0.3 is 5.69 Å². The van der Waals surface area contributed by atoms with Crippen LogP contribution in [0.25, 0.3) is 0 Å². The fraction of sp³-hybridized carbons (Fsp3) is 0.455. The molecular weight excluding hydrogens is 400 g/mol. The number of fused-ring (bicyclic) bond motifs is 1. The lowest BCUT2D eigenvalue weighted by atomic mass is 9.97. The summed E-state index contributed by atoms with van der Waals surface area (Å²) in [7, 11) is 3.97. The maximum atomic E-state index is 12.6. The normalized spacial score (nSPS) is 13.2. The number of carbonyl (C=O) groups is 2. The number of benzene rings is 1. The number of ketones is 1. The van der Waals surface area contributed by atoms with Crippen molar-refractivity contribution in [1.82, 2.24) is 14.5 Å². The first-order valence-electron chi connectivity index (χ1n) is 10.2. The smallest absolute Gasteiger partial charge is 0.325 e. The Morgan fingerprint density at radius 1 is 1.23 bits per heavy atom. The van der Waals surface area contributed by atoms with Crippen LogP contribution in [-0.4, -0.2) is 52.5 Å².